The molecule has 4 aliphatic rings. The molecule has 0 aromatic heterocycles. The lowest BCUT2D eigenvalue weighted by molar-refractivity contribution is -0.339. The molecule has 0 spiro atoms. The fraction of sp³-hybridized carbons (Fsp3) is 0.852. The van der Waals surface area contributed by atoms with E-state index in [0.29, 0.717) is 5.57 Å². The smallest absolute Gasteiger partial charge is 0.407 e. The topological polar surface area (TPSA) is 195 Å². The lowest BCUT2D eigenvalue weighted by Crippen LogP contribution is -2.78. The van der Waals surface area contributed by atoms with E-state index in [0.717, 1.165) is 7.11 Å². The highest BCUT2D eigenvalue weighted by atomic mass is 17.1. The maximum Gasteiger partial charge on any atom is 0.407 e. The van der Waals surface area contributed by atoms with Gasteiger partial charge in [-0.05, 0) is 38.7 Å². The maximum absolute atomic E-state index is 14.1. The third-order valence-electron chi connectivity index (χ3n) is 10.9. The minimum Gasteiger partial charge on any atom is -0.453 e. The summed E-state index contributed by atoms with van der Waals surface area (Å²) in [6.07, 6.45) is -7.48. The normalized spacial score (nSPS) is 45.5. The highest BCUT2D eigenvalue weighted by Gasteiger charge is 2.74. The summed E-state index contributed by atoms with van der Waals surface area (Å²) in [6.45, 7) is 9.70. The Labute approximate surface area is 227 Å². The standard InChI is InChI=1S/C27H43NO11/c1-11-14(20(39-36)18(30)13(3)28-23(33)37-7)9-27(35)12(2)21-25(6,15(29)8-16-26(21,34)10-38-16)22(32)19(31)17(11)24(27,4)5/h12-16,18-21,29-31,34-36H,8-10H2,1-7H3,(H,28,33)/t12?,13?,14?,15?,16?,18?,19?,20-,21?,25-,26+,27?/m1/s1. The zero-order valence-electron chi connectivity index (χ0n) is 23.5. The zero-order chi connectivity index (χ0) is 29.5. The zero-order valence-corrected chi connectivity index (χ0v) is 23.5. The van der Waals surface area contributed by atoms with Crippen LogP contribution in [-0.4, -0.2) is 104 Å². The van der Waals surface area contributed by atoms with Gasteiger partial charge in [0.05, 0.1) is 43.0 Å². The summed E-state index contributed by atoms with van der Waals surface area (Å²) in [5, 5.41) is 70.8. The average molecular weight is 558 g/mol. The van der Waals surface area contributed by atoms with Crippen LogP contribution in [0.4, 0.5) is 4.79 Å². The first kappa shape index (κ1) is 30.3. The number of alkyl carbamates (subject to hydrolysis) is 1. The Bertz CT molecular complexity index is 1050. The SMILES string of the molecule is COC(=O)NC(C)C(O)[C@H](OO)C1CC2(O)C(C)C3[C@]4(O)COC4CC(O)[C@@]3(C)C(=O)C(O)C(=C1C)C2(C)C. The summed E-state index contributed by atoms with van der Waals surface area (Å²) in [6, 6.07) is -0.948. The fourth-order valence-electron chi connectivity index (χ4n) is 8.41. The van der Waals surface area contributed by atoms with Crippen LogP contribution in [0.1, 0.15) is 54.4 Å². The fourth-order valence-corrected chi connectivity index (χ4v) is 8.41. The molecule has 0 aromatic carbocycles. The minimum atomic E-state index is -1.76. The van der Waals surface area contributed by atoms with Gasteiger partial charge in [-0.25, -0.2) is 9.68 Å². The van der Waals surface area contributed by atoms with E-state index in [1.54, 1.807) is 27.7 Å². The number of ketones is 1. The summed E-state index contributed by atoms with van der Waals surface area (Å²) >= 11 is 0. The molecule has 3 fully saturated rings. The van der Waals surface area contributed by atoms with E-state index in [1.165, 1.54) is 13.8 Å². The molecule has 1 aliphatic heterocycles. The van der Waals surface area contributed by atoms with Crippen LogP contribution in [0, 0.1) is 28.6 Å². The Morgan fingerprint density at radius 2 is 1.82 bits per heavy atom. The third-order valence-corrected chi connectivity index (χ3v) is 10.9. The van der Waals surface area contributed by atoms with E-state index < -0.39 is 88.2 Å². The number of carbonyl (C=O) groups is 2. The first-order chi connectivity index (χ1) is 17.9. The molecule has 3 aliphatic carbocycles. The quantitative estimate of drug-likeness (QED) is 0.138. The van der Waals surface area contributed by atoms with Crippen LogP contribution in [0.2, 0.25) is 0 Å². The average Bonchev–Trinajstić information content (AvgIpc) is 2.87. The molecule has 0 aromatic rings. The third kappa shape index (κ3) is 3.94. The van der Waals surface area contributed by atoms with Gasteiger partial charge in [0, 0.05) is 23.7 Å². The molecule has 1 heterocycles. The van der Waals surface area contributed by atoms with Crippen LogP contribution >= 0.6 is 0 Å². The van der Waals surface area contributed by atoms with Crippen molar-refractivity contribution >= 4 is 11.9 Å². The molecule has 1 amide bonds. The summed E-state index contributed by atoms with van der Waals surface area (Å²) in [5.74, 6) is -3.41. The molecule has 2 bridgehead atoms. The second-order valence-corrected chi connectivity index (χ2v) is 12.8. The molecule has 1 saturated heterocycles. The molecule has 9 unspecified atom stereocenters. The van der Waals surface area contributed by atoms with Gasteiger partial charge in [0.25, 0.3) is 0 Å². The number of ether oxygens (including phenoxy) is 2. The number of Topliss-reactive ketones (excluding diaryl/α,β-unsaturated/α-hetero) is 1. The number of rotatable bonds is 5. The monoisotopic (exact) mass is 557 g/mol. The van der Waals surface area contributed by atoms with E-state index in [1.807, 2.05) is 0 Å². The van der Waals surface area contributed by atoms with E-state index >= 15 is 0 Å². The van der Waals surface area contributed by atoms with Crippen molar-refractivity contribution in [3.05, 3.63) is 11.1 Å². The number of amides is 1. The number of aliphatic hydroxyl groups excluding tert-OH is 3. The lowest BCUT2D eigenvalue weighted by Gasteiger charge is -2.67. The second kappa shape index (κ2) is 9.73. The number of aliphatic hydroxyl groups is 5. The summed E-state index contributed by atoms with van der Waals surface area (Å²) < 4.78 is 10.1. The van der Waals surface area contributed by atoms with Gasteiger partial charge < -0.3 is 40.3 Å². The largest absolute Gasteiger partial charge is 0.453 e. The van der Waals surface area contributed by atoms with Crippen molar-refractivity contribution < 1.29 is 54.7 Å². The first-order valence-corrected chi connectivity index (χ1v) is 13.5. The Morgan fingerprint density at radius 3 is 2.33 bits per heavy atom. The van der Waals surface area contributed by atoms with Gasteiger partial charge in [-0.3, -0.25) is 10.1 Å². The number of carbonyl (C=O) groups excluding carboxylic acids is 2. The highest BCUT2D eigenvalue weighted by Crippen LogP contribution is 2.65. The Hall–Kier alpha value is -1.64. The van der Waals surface area contributed by atoms with Crippen molar-refractivity contribution in [1.82, 2.24) is 5.32 Å². The number of methoxy groups -OCH3 is 1. The molecular formula is C27H43NO11. The van der Waals surface area contributed by atoms with Crippen LogP contribution in [-0.2, 0) is 19.2 Å². The van der Waals surface area contributed by atoms with Gasteiger partial charge in [-0.2, -0.15) is 0 Å². The van der Waals surface area contributed by atoms with E-state index in [9.17, 15) is 40.4 Å². The van der Waals surface area contributed by atoms with E-state index in [4.69, 9.17) is 9.62 Å². The van der Waals surface area contributed by atoms with Crippen LogP contribution in [0.3, 0.4) is 0 Å². The molecule has 4 rings (SSSR count). The van der Waals surface area contributed by atoms with Gasteiger partial charge in [-0.15, -0.1) is 0 Å². The summed E-state index contributed by atoms with van der Waals surface area (Å²) in [4.78, 5) is 30.6. The number of nitrogens with one attached hydrogen (secondary N) is 1. The molecule has 39 heavy (non-hydrogen) atoms. The van der Waals surface area contributed by atoms with Crippen molar-refractivity contribution in [2.45, 2.75) is 102 Å². The second-order valence-electron chi connectivity index (χ2n) is 12.8. The number of hydrogen-bond donors (Lipinski definition) is 7. The van der Waals surface area contributed by atoms with Crippen LogP contribution < -0.4 is 5.32 Å². The van der Waals surface area contributed by atoms with E-state index in [-0.39, 0.29) is 25.0 Å². The molecule has 2 saturated carbocycles. The molecule has 0 radical (unpaired) electrons. The number of hydrogen-bond acceptors (Lipinski definition) is 11. The predicted molar refractivity (Wildman–Crippen MR) is 135 cm³/mol. The maximum atomic E-state index is 14.1. The van der Waals surface area contributed by atoms with Gasteiger partial charge in [-0.1, -0.05) is 26.3 Å². The summed E-state index contributed by atoms with van der Waals surface area (Å²) in [5.41, 5.74) is -5.42. The Morgan fingerprint density at radius 1 is 1.21 bits per heavy atom. The van der Waals surface area contributed by atoms with Crippen LogP contribution in [0.15, 0.2) is 11.1 Å². The lowest BCUT2D eigenvalue weighted by atomic mass is 9.42. The van der Waals surface area contributed by atoms with Gasteiger partial charge in [0.1, 0.15) is 23.9 Å². The highest BCUT2D eigenvalue weighted by molar-refractivity contribution is 5.93. The molecule has 7 N–H and O–H groups in total. The number of fused-ring (bicyclic) bond motifs is 5. The Kier molecular flexibility index (Phi) is 7.56. The minimum absolute atomic E-state index is 0.00879. The van der Waals surface area contributed by atoms with Crippen molar-refractivity contribution in [2.75, 3.05) is 13.7 Å². The predicted octanol–water partition coefficient (Wildman–Crippen LogP) is 0.140. The van der Waals surface area contributed by atoms with Gasteiger partial charge in [0.15, 0.2) is 5.78 Å². The van der Waals surface area contributed by atoms with Crippen molar-refractivity contribution in [3.8, 4) is 0 Å². The molecule has 12 heteroatoms. The molecular weight excluding hydrogens is 514 g/mol. The van der Waals surface area contributed by atoms with Crippen molar-refractivity contribution in [3.63, 3.8) is 0 Å². The van der Waals surface area contributed by atoms with Gasteiger partial charge in [0.2, 0.25) is 0 Å². The van der Waals surface area contributed by atoms with Crippen molar-refractivity contribution in [2.24, 2.45) is 28.6 Å². The molecule has 12 nitrogen and oxygen atoms in total. The Balaban J connectivity index is 1.89. The summed E-state index contributed by atoms with van der Waals surface area (Å²) in [7, 11) is 1.16. The van der Waals surface area contributed by atoms with Crippen molar-refractivity contribution in [1.29, 1.82) is 0 Å². The molecule has 222 valence electrons. The van der Waals surface area contributed by atoms with E-state index in [2.05, 4.69) is 10.1 Å². The van der Waals surface area contributed by atoms with Gasteiger partial charge >= 0.3 is 6.09 Å². The van der Waals surface area contributed by atoms with Crippen LogP contribution in [0.5, 0.6) is 0 Å². The van der Waals surface area contributed by atoms with Crippen LogP contribution in [0.25, 0.3) is 0 Å². The molecule has 12 atom stereocenters. The first-order valence-electron chi connectivity index (χ1n) is 13.5.